The fraction of sp³-hybridized carbons (Fsp3) is 0.571. The van der Waals surface area contributed by atoms with Gasteiger partial charge in [-0.15, -0.1) is 0 Å². The summed E-state index contributed by atoms with van der Waals surface area (Å²) in [6, 6.07) is 15.7. The molecule has 2 saturated heterocycles. The summed E-state index contributed by atoms with van der Waals surface area (Å²) in [6.07, 6.45) is 3.28. The first-order valence-electron chi connectivity index (χ1n) is 13.3. The maximum Gasteiger partial charge on any atom is 0.244 e. The van der Waals surface area contributed by atoms with Crippen molar-refractivity contribution in [2.24, 2.45) is 5.41 Å². The second kappa shape index (κ2) is 11.4. The highest BCUT2D eigenvalue weighted by molar-refractivity contribution is 7.89. The highest BCUT2D eigenvalue weighted by Crippen LogP contribution is 2.37. The molecule has 2 fully saturated rings. The number of aliphatic hydroxyl groups excluding tert-OH is 1. The minimum Gasteiger partial charge on any atom is -0.492 e. The number of sulfonamides is 1. The van der Waals surface area contributed by atoms with Gasteiger partial charge in [-0.25, -0.2) is 13.1 Å². The molecule has 0 saturated carbocycles. The predicted octanol–water partition coefficient (Wildman–Crippen LogP) is 2.58. The Balaban J connectivity index is 1.44. The lowest BCUT2D eigenvalue weighted by Crippen LogP contribution is -2.53. The number of rotatable bonds is 2. The SMILES string of the molecule is CN1CC(O)CNS(=O)(=O)c2ccc(-c3ccccc3)cc2OCC2(CCN(C3CCOCC3)CC2)C1. The minimum absolute atomic E-state index is 0.0446. The molecule has 0 bridgehead atoms. The van der Waals surface area contributed by atoms with Gasteiger partial charge in [0, 0.05) is 44.3 Å². The van der Waals surface area contributed by atoms with E-state index < -0.39 is 16.1 Å². The number of likely N-dealkylation sites (tertiary alicyclic amines) is 1. The zero-order chi connectivity index (χ0) is 25.9. The molecular weight excluding hydrogens is 490 g/mol. The molecule has 2 N–H and O–H groups in total. The van der Waals surface area contributed by atoms with Gasteiger partial charge >= 0.3 is 0 Å². The number of hydrogen-bond acceptors (Lipinski definition) is 7. The van der Waals surface area contributed by atoms with Gasteiger partial charge in [-0.3, -0.25) is 0 Å². The first-order chi connectivity index (χ1) is 17.8. The highest BCUT2D eigenvalue weighted by atomic mass is 32.2. The normalized spacial score (nSPS) is 25.9. The van der Waals surface area contributed by atoms with Gasteiger partial charge in [-0.1, -0.05) is 36.4 Å². The van der Waals surface area contributed by atoms with Crippen LogP contribution in [0.2, 0.25) is 0 Å². The summed E-state index contributed by atoms with van der Waals surface area (Å²) in [5, 5.41) is 10.6. The summed E-state index contributed by atoms with van der Waals surface area (Å²) < 4.78 is 41.1. The van der Waals surface area contributed by atoms with Gasteiger partial charge in [0.25, 0.3) is 0 Å². The van der Waals surface area contributed by atoms with Gasteiger partial charge in [-0.2, -0.15) is 0 Å². The number of ether oxygens (including phenoxy) is 2. The number of nitrogens with zero attached hydrogens (tertiary/aromatic N) is 2. The zero-order valence-corrected chi connectivity index (χ0v) is 22.5. The fourth-order valence-electron chi connectivity index (χ4n) is 5.99. The van der Waals surface area contributed by atoms with E-state index in [1.54, 1.807) is 6.07 Å². The van der Waals surface area contributed by atoms with Crippen LogP contribution in [0, 0.1) is 5.41 Å². The van der Waals surface area contributed by atoms with E-state index >= 15 is 0 Å². The van der Waals surface area contributed by atoms with E-state index in [1.807, 2.05) is 49.5 Å². The molecule has 2 aromatic carbocycles. The summed E-state index contributed by atoms with van der Waals surface area (Å²) >= 11 is 0. The van der Waals surface area contributed by atoms with Crippen LogP contribution in [0.1, 0.15) is 25.7 Å². The Bertz CT molecular complexity index is 1150. The van der Waals surface area contributed by atoms with E-state index in [1.165, 1.54) is 0 Å². The molecule has 3 heterocycles. The molecular formula is C28H39N3O5S. The average molecular weight is 530 g/mol. The molecule has 202 valence electrons. The molecule has 8 nitrogen and oxygen atoms in total. The maximum atomic E-state index is 13.2. The minimum atomic E-state index is -3.86. The van der Waals surface area contributed by atoms with Crippen molar-refractivity contribution in [1.82, 2.24) is 14.5 Å². The van der Waals surface area contributed by atoms with E-state index in [-0.39, 0.29) is 16.9 Å². The standard InChI is InChI=1S/C28H39N3O5S/c1-30-19-25(32)18-29-37(33,34)27-8-7-23(22-5-3-2-4-6-22)17-26(27)36-21-28(20-30)11-13-31(14-12-28)24-9-15-35-16-10-24/h2-8,17,24-25,29,32H,9-16,18-21H2,1H3. The molecule has 9 heteroatoms. The Morgan fingerprint density at radius 2 is 1.76 bits per heavy atom. The van der Waals surface area contributed by atoms with Crippen molar-refractivity contribution in [1.29, 1.82) is 0 Å². The molecule has 0 aliphatic carbocycles. The van der Waals surface area contributed by atoms with Gasteiger partial charge < -0.3 is 24.4 Å². The van der Waals surface area contributed by atoms with Crippen LogP contribution in [0.25, 0.3) is 11.1 Å². The number of aliphatic hydroxyl groups is 1. The summed E-state index contributed by atoms with van der Waals surface area (Å²) in [4.78, 5) is 4.83. The van der Waals surface area contributed by atoms with Crippen molar-refractivity contribution < 1.29 is 23.0 Å². The van der Waals surface area contributed by atoms with Crippen molar-refractivity contribution in [2.45, 2.75) is 42.7 Å². The third-order valence-electron chi connectivity index (χ3n) is 8.08. The Hall–Kier alpha value is -2.01. The van der Waals surface area contributed by atoms with E-state index in [9.17, 15) is 13.5 Å². The second-order valence-electron chi connectivity index (χ2n) is 10.9. The van der Waals surface area contributed by atoms with Crippen molar-refractivity contribution in [3.63, 3.8) is 0 Å². The molecule has 0 radical (unpaired) electrons. The number of nitrogens with one attached hydrogen (secondary N) is 1. The molecule has 1 unspecified atom stereocenters. The summed E-state index contributed by atoms with van der Waals surface area (Å²) in [5.74, 6) is 0.359. The van der Waals surface area contributed by atoms with Gasteiger partial charge in [0.1, 0.15) is 10.6 Å². The molecule has 0 aromatic heterocycles. The van der Waals surface area contributed by atoms with Crippen molar-refractivity contribution in [3.05, 3.63) is 48.5 Å². The van der Waals surface area contributed by atoms with Crippen molar-refractivity contribution in [3.8, 4) is 16.9 Å². The summed E-state index contributed by atoms with van der Waals surface area (Å²) in [6.45, 7) is 5.20. The van der Waals surface area contributed by atoms with Crippen molar-refractivity contribution in [2.75, 3.05) is 59.6 Å². The fourth-order valence-corrected chi connectivity index (χ4v) is 7.19. The lowest BCUT2D eigenvalue weighted by molar-refractivity contribution is -0.0201. The summed E-state index contributed by atoms with van der Waals surface area (Å²) in [7, 11) is -1.86. The van der Waals surface area contributed by atoms with Crippen LogP contribution >= 0.6 is 0 Å². The van der Waals surface area contributed by atoms with Crippen LogP contribution in [0.15, 0.2) is 53.4 Å². The molecule has 1 atom stereocenters. The molecule has 5 rings (SSSR count). The van der Waals surface area contributed by atoms with Gasteiger partial charge in [0.2, 0.25) is 10.0 Å². The Kier molecular flexibility index (Phi) is 8.19. The molecule has 1 spiro atoms. The average Bonchev–Trinajstić information content (AvgIpc) is 2.91. The Morgan fingerprint density at radius 3 is 2.49 bits per heavy atom. The number of β-amino-alcohol motifs (C(OH)–C–C–N with tert-alkyl or cyclic N) is 1. The number of benzene rings is 2. The zero-order valence-electron chi connectivity index (χ0n) is 21.6. The van der Waals surface area contributed by atoms with E-state index in [0.717, 1.165) is 69.7 Å². The van der Waals surface area contributed by atoms with Crippen LogP contribution < -0.4 is 9.46 Å². The number of hydrogen-bond donors (Lipinski definition) is 2. The third kappa shape index (κ3) is 6.35. The maximum absolute atomic E-state index is 13.2. The Morgan fingerprint density at radius 1 is 1.03 bits per heavy atom. The number of fused-ring (bicyclic) bond motifs is 1. The Labute approximate surface area is 220 Å². The molecule has 3 aliphatic heterocycles. The first kappa shape index (κ1) is 26.6. The predicted molar refractivity (Wildman–Crippen MR) is 143 cm³/mol. The highest BCUT2D eigenvalue weighted by Gasteiger charge is 2.39. The van der Waals surface area contributed by atoms with Crippen LogP contribution in [-0.4, -0.2) is 95.1 Å². The van der Waals surface area contributed by atoms with Crippen LogP contribution in [0.5, 0.6) is 5.75 Å². The van der Waals surface area contributed by atoms with Crippen LogP contribution in [0.3, 0.4) is 0 Å². The lowest BCUT2D eigenvalue weighted by atomic mass is 9.77. The largest absolute Gasteiger partial charge is 0.492 e. The number of piperidine rings is 1. The third-order valence-corrected chi connectivity index (χ3v) is 9.54. The van der Waals surface area contributed by atoms with Crippen LogP contribution in [-0.2, 0) is 14.8 Å². The van der Waals surface area contributed by atoms with Gasteiger partial charge in [-0.05, 0) is 69.1 Å². The molecule has 3 aliphatic rings. The van der Waals surface area contributed by atoms with E-state index in [0.29, 0.717) is 24.9 Å². The molecule has 0 amide bonds. The van der Waals surface area contributed by atoms with Gasteiger partial charge in [0.15, 0.2) is 0 Å². The topological polar surface area (TPSA) is 91.3 Å². The van der Waals surface area contributed by atoms with Crippen molar-refractivity contribution >= 4 is 10.0 Å². The van der Waals surface area contributed by atoms with Crippen LogP contribution in [0.4, 0.5) is 0 Å². The molecule has 2 aromatic rings. The van der Waals surface area contributed by atoms with E-state index in [4.69, 9.17) is 9.47 Å². The quantitative estimate of drug-likeness (QED) is 0.618. The first-order valence-corrected chi connectivity index (χ1v) is 14.8. The van der Waals surface area contributed by atoms with E-state index in [2.05, 4.69) is 14.5 Å². The smallest absolute Gasteiger partial charge is 0.244 e. The lowest BCUT2D eigenvalue weighted by Gasteiger charge is -2.46. The van der Waals surface area contributed by atoms with Gasteiger partial charge in [0.05, 0.1) is 12.7 Å². The molecule has 37 heavy (non-hydrogen) atoms. The second-order valence-corrected chi connectivity index (χ2v) is 12.6. The summed E-state index contributed by atoms with van der Waals surface area (Å²) in [5.41, 5.74) is 1.77. The number of likely N-dealkylation sites (N-methyl/N-ethyl adjacent to an activating group) is 1. The monoisotopic (exact) mass is 529 g/mol.